The molecule has 164 valence electrons. The van der Waals surface area contributed by atoms with Gasteiger partial charge in [-0.3, -0.25) is 0 Å². The molecule has 0 fully saturated rings. The molecule has 0 spiro atoms. The van der Waals surface area contributed by atoms with Crippen LogP contribution in [0, 0.1) is 81.1 Å². The summed E-state index contributed by atoms with van der Waals surface area (Å²) < 4.78 is 0. The van der Waals surface area contributed by atoms with Crippen LogP contribution in [0.1, 0.15) is 97.2 Å². The first-order chi connectivity index (χ1) is 12.6. The van der Waals surface area contributed by atoms with Gasteiger partial charge in [-0.2, -0.15) is 97.2 Å². The normalized spacial score (nSPS) is 9.72. The zero-order valence-electron chi connectivity index (χ0n) is 22.5. The minimum atomic E-state index is 0. The van der Waals surface area contributed by atoms with Gasteiger partial charge in [-0.05, 0) is 0 Å². The number of hydrogen-bond donors (Lipinski definition) is 0. The van der Waals surface area contributed by atoms with Crippen molar-refractivity contribution in [2.45, 2.75) is 111 Å². The largest absolute Gasteiger partial charge is 4.00 e. The molecule has 0 saturated carbocycles. The molecule has 0 aromatic heterocycles. The van der Waals surface area contributed by atoms with Crippen LogP contribution >= 0.6 is 0 Å². The van der Waals surface area contributed by atoms with E-state index in [1.807, 2.05) is 0 Å². The molecule has 0 nitrogen and oxygen atoms in total. The van der Waals surface area contributed by atoms with Gasteiger partial charge in [0.25, 0.3) is 0 Å². The second-order valence-electron chi connectivity index (χ2n) is 9.25. The standard InChI is InChI=1S/2C10H15.2C4H9.Ti/c2*1-6-7(2)9(4)10(5)8(6)3;2*1-4(2)3;/h2*1-5H3;2*1-3H3;/q4*-1;+4. The van der Waals surface area contributed by atoms with Gasteiger partial charge in [0.05, 0.1) is 0 Å². The van der Waals surface area contributed by atoms with Gasteiger partial charge in [0.1, 0.15) is 0 Å². The molecule has 2 aromatic rings. The van der Waals surface area contributed by atoms with Gasteiger partial charge in [-0.25, -0.2) is 0 Å². The molecular formula is C28H48Ti. The van der Waals surface area contributed by atoms with E-state index in [2.05, 4.69) is 111 Å². The maximum atomic E-state index is 2.20. The molecule has 1 heteroatoms. The molecule has 0 radical (unpaired) electrons. The minimum absolute atomic E-state index is 0. The monoisotopic (exact) mass is 432 g/mol. The van der Waals surface area contributed by atoms with Crippen LogP contribution in [0.5, 0.6) is 0 Å². The fourth-order valence-corrected chi connectivity index (χ4v) is 2.81. The minimum Gasteiger partial charge on any atom is -0.323 e. The topological polar surface area (TPSA) is 0 Å². The van der Waals surface area contributed by atoms with Crippen molar-refractivity contribution in [3.63, 3.8) is 0 Å². The zero-order chi connectivity index (χ0) is 22.9. The van der Waals surface area contributed by atoms with E-state index in [1.54, 1.807) is 0 Å². The van der Waals surface area contributed by atoms with Crippen LogP contribution in [0.4, 0.5) is 0 Å². The first kappa shape index (κ1) is 33.1. The molecule has 2 rings (SSSR count). The third-order valence-electron chi connectivity index (χ3n) is 5.62. The Labute approximate surface area is 199 Å². The second-order valence-corrected chi connectivity index (χ2v) is 9.25. The fraction of sp³-hybridized carbons (Fsp3) is 0.571. The summed E-state index contributed by atoms with van der Waals surface area (Å²) in [5, 5.41) is 0. The number of rotatable bonds is 0. The van der Waals surface area contributed by atoms with Crippen molar-refractivity contribution in [2.75, 3.05) is 0 Å². The van der Waals surface area contributed by atoms with E-state index in [1.165, 1.54) is 67.5 Å². The average molecular weight is 433 g/mol. The van der Waals surface area contributed by atoms with Crippen molar-refractivity contribution in [2.24, 2.45) is 0 Å². The van der Waals surface area contributed by atoms with Crippen LogP contribution in [0.2, 0.25) is 0 Å². The van der Waals surface area contributed by atoms with Crippen LogP contribution in [0.25, 0.3) is 0 Å². The van der Waals surface area contributed by atoms with E-state index in [4.69, 9.17) is 0 Å². The summed E-state index contributed by atoms with van der Waals surface area (Å²) in [6.07, 6.45) is 0. The van der Waals surface area contributed by atoms with Crippen molar-refractivity contribution in [1.29, 1.82) is 0 Å². The smallest absolute Gasteiger partial charge is 0.323 e. The quantitative estimate of drug-likeness (QED) is 0.288. The van der Waals surface area contributed by atoms with Crippen LogP contribution in [-0.4, -0.2) is 0 Å². The third-order valence-corrected chi connectivity index (χ3v) is 5.62. The van der Waals surface area contributed by atoms with Crippen LogP contribution < -0.4 is 0 Å². The summed E-state index contributed by atoms with van der Waals surface area (Å²) >= 11 is 0. The van der Waals surface area contributed by atoms with Gasteiger partial charge >= 0.3 is 21.7 Å². The Morgan fingerprint density at radius 3 is 0.552 bits per heavy atom. The van der Waals surface area contributed by atoms with Crippen molar-refractivity contribution < 1.29 is 21.7 Å². The van der Waals surface area contributed by atoms with Crippen LogP contribution in [0.15, 0.2) is 0 Å². The molecule has 0 amide bonds. The van der Waals surface area contributed by atoms with Crippen LogP contribution in [-0.2, 0) is 21.7 Å². The molecular weight excluding hydrogens is 384 g/mol. The molecule has 0 saturated heterocycles. The molecule has 0 atom stereocenters. The van der Waals surface area contributed by atoms with Gasteiger partial charge in [0, 0.05) is 0 Å². The Morgan fingerprint density at radius 1 is 0.414 bits per heavy atom. The van der Waals surface area contributed by atoms with E-state index in [-0.39, 0.29) is 21.7 Å². The summed E-state index contributed by atoms with van der Waals surface area (Å²) in [6, 6.07) is 0. The Balaban J connectivity index is -0.000000336. The molecule has 0 aliphatic rings. The van der Waals surface area contributed by atoms with Gasteiger partial charge in [-0.1, -0.05) is 69.2 Å². The predicted octanol–water partition coefficient (Wildman–Crippen LogP) is 9.13. The summed E-state index contributed by atoms with van der Waals surface area (Å²) in [5.74, 6) is 2.83. The van der Waals surface area contributed by atoms with E-state index >= 15 is 0 Å². The predicted molar refractivity (Wildman–Crippen MR) is 132 cm³/mol. The maximum Gasteiger partial charge on any atom is 4.00 e. The zero-order valence-corrected chi connectivity index (χ0v) is 24.1. The first-order valence-corrected chi connectivity index (χ1v) is 10.5. The molecule has 0 unspecified atom stereocenters. The van der Waals surface area contributed by atoms with Gasteiger partial charge < -0.3 is 11.8 Å². The van der Waals surface area contributed by atoms with E-state index in [0.717, 1.165) is 0 Å². The summed E-state index contributed by atoms with van der Waals surface area (Å²) in [7, 11) is 0. The molecule has 0 bridgehead atoms. The van der Waals surface area contributed by atoms with Crippen molar-refractivity contribution in [3.8, 4) is 0 Å². The SMILES string of the molecule is C[C-](C)C.C[C-](C)C.Cc1c(C)c(C)[c-](C)c1C.Cc1c(C)c(C)[c-](C)c1C.[Ti+4]. The number of hydrogen-bond acceptors (Lipinski definition) is 0. The van der Waals surface area contributed by atoms with Gasteiger partial charge in [-0.15, -0.1) is 0 Å². The molecule has 0 heterocycles. The van der Waals surface area contributed by atoms with Gasteiger partial charge in [0.2, 0.25) is 0 Å². The molecule has 29 heavy (non-hydrogen) atoms. The maximum absolute atomic E-state index is 2.20. The summed E-state index contributed by atoms with van der Waals surface area (Å²) in [6.45, 7) is 34.5. The fourth-order valence-electron chi connectivity index (χ4n) is 2.81. The second kappa shape index (κ2) is 15.3. The third kappa shape index (κ3) is 11.4. The molecule has 0 aliphatic heterocycles. The molecule has 0 aliphatic carbocycles. The van der Waals surface area contributed by atoms with Crippen LogP contribution in [0.3, 0.4) is 0 Å². The average Bonchev–Trinajstić information content (AvgIpc) is 2.85. The Kier molecular flexibility index (Phi) is 17.4. The van der Waals surface area contributed by atoms with Gasteiger partial charge in [0.15, 0.2) is 0 Å². The Hall–Kier alpha value is -0.586. The van der Waals surface area contributed by atoms with E-state index in [9.17, 15) is 0 Å². The summed E-state index contributed by atoms with van der Waals surface area (Å²) in [4.78, 5) is 0. The summed E-state index contributed by atoms with van der Waals surface area (Å²) in [5.41, 5.74) is 14.7. The van der Waals surface area contributed by atoms with E-state index in [0.29, 0.717) is 0 Å². The first-order valence-electron chi connectivity index (χ1n) is 10.5. The van der Waals surface area contributed by atoms with Crippen molar-refractivity contribution >= 4 is 0 Å². The van der Waals surface area contributed by atoms with Crippen molar-refractivity contribution in [1.82, 2.24) is 0 Å². The Morgan fingerprint density at radius 2 is 0.517 bits per heavy atom. The van der Waals surface area contributed by atoms with E-state index < -0.39 is 0 Å². The Bertz CT molecular complexity index is 477. The van der Waals surface area contributed by atoms with Crippen molar-refractivity contribution in [3.05, 3.63) is 67.5 Å². The molecule has 2 aromatic carbocycles. The molecule has 0 N–H and O–H groups in total.